The van der Waals surface area contributed by atoms with Gasteiger partial charge >= 0.3 is 0 Å². The van der Waals surface area contributed by atoms with Gasteiger partial charge < -0.3 is 24.9 Å². The van der Waals surface area contributed by atoms with Crippen LogP contribution in [-0.2, 0) is 11.3 Å². The molecule has 0 bridgehead atoms. The Kier molecular flexibility index (Phi) is 7.94. The lowest BCUT2D eigenvalue weighted by atomic mass is 9.73. The van der Waals surface area contributed by atoms with Crippen LogP contribution in [0.2, 0.25) is 5.02 Å². The third-order valence-corrected chi connectivity index (χ3v) is 10.2. The predicted molar refractivity (Wildman–Crippen MR) is 155 cm³/mol. The van der Waals surface area contributed by atoms with Crippen LogP contribution in [0.1, 0.15) is 31.2 Å². The van der Waals surface area contributed by atoms with Gasteiger partial charge in [0.15, 0.2) is 11.5 Å². The number of ether oxygens (including phenoxy) is 1. The van der Waals surface area contributed by atoms with Crippen LogP contribution in [0.25, 0.3) is 16.2 Å². The van der Waals surface area contributed by atoms with Crippen molar-refractivity contribution in [2.45, 2.75) is 55.4 Å². The summed E-state index contributed by atoms with van der Waals surface area (Å²) in [6.07, 6.45) is 5.91. The first-order valence-electron chi connectivity index (χ1n) is 12.4. The smallest absolute Gasteiger partial charge is 0.157 e. The minimum absolute atomic E-state index is 0. The zero-order valence-electron chi connectivity index (χ0n) is 21.1. The topological polar surface area (TPSA) is 102 Å². The molecule has 0 amide bonds. The number of hydrogen-bond acceptors (Lipinski definition) is 9. The maximum atomic E-state index is 10.2. The number of hydrogen-bond donors (Lipinski definition) is 2. The molecule has 4 aromatic heterocycles. The number of imidazole rings is 1. The molecule has 0 aliphatic carbocycles. The third kappa shape index (κ3) is 4.81. The molecule has 2 atom stereocenters. The summed E-state index contributed by atoms with van der Waals surface area (Å²) < 4.78 is 7.80. The fraction of sp³-hybridized carbons (Fsp3) is 0.423. The van der Waals surface area contributed by atoms with Crippen LogP contribution in [0.4, 0.5) is 5.82 Å². The summed E-state index contributed by atoms with van der Waals surface area (Å²) in [5, 5.41) is 13.5. The highest BCUT2D eigenvalue weighted by Gasteiger charge is 2.47. The van der Waals surface area contributed by atoms with E-state index in [0.717, 1.165) is 57.9 Å². The number of nitrogens with zero attached hydrogens (tertiary/aromatic N) is 5. The molecule has 6 heterocycles. The fourth-order valence-electron chi connectivity index (χ4n) is 5.34. The average molecular weight is 594 g/mol. The van der Waals surface area contributed by atoms with Crippen LogP contribution in [-0.4, -0.2) is 56.3 Å². The van der Waals surface area contributed by atoms with Gasteiger partial charge in [-0.2, -0.15) is 0 Å². The standard InChI is InChI=1S/C26H29ClN6O2S2.ClH/c1-15-25(37-20-5-8-33-12-17(19-4-3-11-36-19)30-24(33)21(20)27)31-18(13-34)23(29-15)32-9-6-26(7-10-32)14-35-16(2)22(26)28;/h3-5,8,11-12,16,22,34H,6-7,9-10,13-14,28H2,1-2H3;1H/t16-,22+;/m0./s1. The Morgan fingerprint density at radius 3 is 2.71 bits per heavy atom. The molecule has 2 aliphatic heterocycles. The number of rotatable bonds is 5. The summed E-state index contributed by atoms with van der Waals surface area (Å²) in [6, 6.07) is 6.07. The van der Waals surface area contributed by atoms with E-state index in [9.17, 15) is 5.11 Å². The summed E-state index contributed by atoms with van der Waals surface area (Å²) in [7, 11) is 0. The number of aromatic nitrogens is 4. The van der Waals surface area contributed by atoms with E-state index in [-0.39, 0.29) is 36.6 Å². The van der Waals surface area contributed by atoms with Gasteiger partial charge in [-0.3, -0.25) is 0 Å². The van der Waals surface area contributed by atoms with Gasteiger partial charge in [-0.1, -0.05) is 29.4 Å². The van der Waals surface area contributed by atoms with Crippen molar-refractivity contribution in [3.05, 3.63) is 52.4 Å². The third-order valence-electron chi connectivity index (χ3n) is 7.64. The van der Waals surface area contributed by atoms with Crippen molar-refractivity contribution in [3.8, 4) is 10.6 Å². The van der Waals surface area contributed by atoms with E-state index in [0.29, 0.717) is 23.0 Å². The van der Waals surface area contributed by atoms with E-state index in [1.54, 1.807) is 11.3 Å². The number of halogens is 2. The normalized spacial score (nSPS) is 20.8. The Morgan fingerprint density at radius 2 is 2.05 bits per heavy atom. The number of anilines is 1. The van der Waals surface area contributed by atoms with Crippen molar-refractivity contribution in [2.24, 2.45) is 11.1 Å². The van der Waals surface area contributed by atoms with Crippen LogP contribution >= 0.6 is 47.1 Å². The lowest BCUT2D eigenvalue weighted by Gasteiger charge is -2.42. The van der Waals surface area contributed by atoms with Gasteiger partial charge in [0.2, 0.25) is 0 Å². The van der Waals surface area contributed by atoms with Crippen molar-refractivity contribution < 1.29 is 9.84 Å². The molecule has 202 valence electrons. The lowest BCUT2D eigenvalue weighted by Crippen LogP contribution is -2.51. The van der Waals surface area contributed by atoms with Crippen LogP contribution in [0.15, 0.2) is 45.9 Å². The zero-order chi connectivity index (χ0) is 25.7. The van der Waals surface area contributed by atoms with Crippen LogP contribution in [0.5, 0.6) is 0 Å². The Hall–Kier alpha value is -1.92. The summed E-state index contributed by atoms with van der Waals surface area (Å²) in [6.45, 7) is 6.16. The Labute approximate surface area is 241 Å². The van der Waals surface area contributed by atoms with Crippen molar-refractivity contribution in [2.75, 3.05) is 24.6 Å². The van der Waals surface area contributed by atoms with Crippen LogP contribution in [0.3, 0.4) is 0 Å². The molecule has 0 aromatic carbocycles. The molecule has 1 spiro atoms. The van der Waals surface area contributed by atoms with Gasteiger partial charge in [0.25, 0.3) is 0 Å². The lowest BCUT2D eigenvalue weighted by molar-refractivity contribution is 0.0973. The summed E-state index contributed by atoms with van der Waals surface area (Å²) in [5.41, 5.74) is 9.48. The Bertz CT molecular complexity index is 1440. The molecule has 2 saturated heterocycles. The molecule has 8 nitrogen and oxygen atoms in total. The first-order chi connectivity index (χ1) is 17.9. The molecule has 2 aliphatic rings. The van der Waals surface area contributed by atoms with E-state index in [4.69, 9.17) is 37.0 Å². The van der Waals surface area contributed by atoms with E-state index in [1.165, 1.54) is 11.8 Å². The van der Waals surface area contributed by atoms with Crippen molar-refractivity contribution in [3.63, 3.8) is 0 Å². The van der Waals surface area contributed by atoms with Crippen molar-refractivity contribution >= 4 is 58.6 Å². The maximum Gasteiger partial charge on any atom is 0.157 e. The molecular weight excluding hydrogens is 563 g/mol. The van der Waals surface area contributed by atoms with Gasteiger partial charge in [-0.25, -0.2) is 15.0 Å². The van der Waals surface area contributed by atoms with Crippen molar-refractivity contribution in [1.29, 1.82) is 0 Å². The van der Waals surface area contributed by atoms with Crippen LogP contribution < -0.4 is 10.6 Å². The van der Waals surface area contributed by atoms with Gasteiger partial charge in [0.1, 0.15) is 10.7 Å². The number of thiophene rings is 1. The number of aliphatic hydroxyl groups excluding tert-OH is 1. The van der Waals surface area contributed by atoms with Gasteiger partial charge in [-0.15, -0.1) is 23.7 Å². The first-order valence-corrected chi connectivity index (χ1v) is 14.5. The largest absolute Gasteiger partial charge is 0.390 e. The molecule has 0 radical (unpaired) electrons. The van der Waals surface area contributed by atoms with Crippen molar-refractivity contribution in [1.82, 2.24) is 19.4 Å². The second-order valence-electron chi connectivity index (χ2n) is 9.86. The Morgan fingerprint density at radius 1 is 1.26 bits per heavy atom. The van der Waals surface area contributed by atoms with Gasteiger partial charge in [0.05, 0.1) is 40.6 Å². The van der Waals surface area contributed by atoms with E-state index >= 15 is 0 Å². The number of fused-ring (bicyclic) bond motifs is 1. The highest BCUT2D eigenvalue weighted by molar-refractivity contribution is 7.99. The van der Waals surface area contributed by atoms with Gasteiger partial charge in [-0.05, 0) is 44.2 Å². The minimum atomic E-state index is -0.186. The van der Waals surface area contributed by atoms with E-state index in [1.807, 2.05) is 47.3 Å². The SMILES string of the molecule is Cc1nc(N2CCC3(CC2)CO[C@@H](C)[C@H]3N)c(CO)nc1Sc1ccn2cc(-c3cccs3)nc2c1Cl.Cl. The van der Waals surface area contributed by atoms with Crippen LogP contribution in [0, 0.1) is 12.3 Å². The summed E-state index contributed by atoms with van der Waals surface area (Å²) in [4.78, 5) is 18.6. The highest BCUT2D eigenvalue weighted by Crippen LogP contribution is 2.43. The second-order valence-corrected chi connectivity index (χ2v) is 12.2. The number of aliphatic hydroxyl groups is 1. The zero-order valence-corrected chi connectivity index (χ0v) is 24.3. The summed E-state index contributed by atoms with van der Waals surface area (Å²) >= 11 is 9.89. The number of aryl methyl sites for hydroxylation is 1. The monoisotopic (exact) mass is 592 g/mol. The predicted octanol–water partition coefficient (Wildman–Crippen LogP) is 5.21. The Balaban J connectivity index is 0.00000294. The molecule has 12 heteroatoms. The maximum absolute atomic E-state index is 10.2. The number of piperidine rings is 1. The second kappa shape index (κ2) is 10.9. The number of pyridine rings is 1. The molecule has 0 saturated carbocycles. The van der Waals surface area contributed by atoms with E-state index < -0.39 is 0 Å². The molecule has 4 aromatic rings. The van der Waals surface area contributed by atoms with Gasteiger partial charge in [0, 0.05) is 41.8 Å². The fourth-order valence-corrected chi connectivity index (χ4v) is 7.21. The molecule has 0 unspecified atom stereocenters. The molecule has 2 fully saturated rings. The minimum Gasteiger partial charge on any atom is -0.390 e. The first kappa shape index (κ1) is 27.6. The quantitative estimate of drug-likeness (QED) is 0.325. The number of nitrogens with two attached hydrogens (primary N) is 1. The molecule has 38 heavy (non-hydrogen) atoms. The van der Waals surface area contributed by atoms with E-state index in [2.05, 4.69) is 11.8 Å². The average Bonchev–Trinajstić information content (AvgIpc) is 3.65. The molecule has 6 rings (SSSR count). The molecule has 3 N–H and O–H groups in total. The summed E-state index contributed by atoms with van der Waals surface area (Å²) in [5.74, 6) is 0.745. The molecular formula is C26H30Cl2N6O2S2. The highest BCUT2D eigenvalue weighted by atomic mass is 35.5.